The van der Waals surface area contributed by atoms with E-state index in [0.29, 0.717) is 18.5 Å². The number of rotatable bonds is 4. The van der Waals surface area contributed by atoms with Crippen molar-refractivity contribution in [3.05, 3.63) is 15.8 Å². The zero-order valence-corrected chi connectivity index (χ0v) is 11.6. The van der Waals surface area contributed by atoms with Crippen molar-refractivity contribution in [2.75, 3.05) is 16.8 Å². The Hall–Kier alpha value is -1.64. The average Bonchev–Trinajstić information content (AvgIpc) is 2.80. The van der Waals surface area contributed by atoms with E-state index in [-0.39, 0.29) is 29.1 Å². The van der Waals surface area contributed by atoms with Crippen LogP contribution in [0.5, 0.6) is 0 Å². The van der Waals surface area contributed by atoms with Crippen molar-refractivity contribution in [2.45, 2.75) is 25.8 Å². The fraction of sp³-hybridized carbons (Fsp3) is 0.700. The lowest BCUT2D eigenvalue weighted by Crippen LogP contribution is -2.22. The molecule has 1 aliphatic rings. The normalized spacial score (nSPS) is 21.5. The number of anilines is 1. The smallest absolute Gasteiger partial charge is 0.333 e. The van der Waals surface area contributed by atoms with Crippen LogP contribution in [0.4, 0.5) is 11.5 Å². The second kappa shape index (κ2) is 4.80. The summed E-state index contributed by atoms with van der Waals surface area (Å²) in [5.74, 6) is 0.414. The lowest BCUT2D eigenvalue weighted by Gasteiger charge is -2.11. The van der Waals surface area contributed by atoms with Gasteiger partial charge in [0.1, 0.15) is 5.69 Å². The zero-order chi connectivity index (χ0) is 14.2. The predicted octanol–water partition coefficient (Wildman–Crippen LogP) is 0.490. The number of nitrogens with one attached hydrogen (secondary N) is 1. The summed E-state index contributed by atoms with van der Waals surface area (Å²) in [5.41, 5.74) is 0.338. The van der Waals surface area contributed by atoms with Gasteiger partial charge in [-0.2, -0.15) is 5.10 Å². The Bertz CT molecular complexity index is 607. The van der Waals surface area contributed by atoms with Crippen LogP contribution in [0, 0.1) is 10.1 Å². The minimum Gasteiger partial charge on any atom is -0.361 e. The summed E-state index contributed by atoms with van der Waals surface area (Å²) in [6.45, 7) is 1.79. The Morgan fingerprint density at radius 3 is 2.74 bits per heavy atom. The second-order valence-electron chi connectivity index (χ2n) is 4.62. The molecule has 1 aromatic rings. The highest BCUT2D eigenvalue weighted by Gasteiger charge is 2.32. The molecular formula is C10H16N4O4S. The van der Waals surface area contributed by atoms with Gasteiger partial charge in [-0.1, -0.05) is 6.92 Å². The minimum atomic E-state index is -3.02. The van der Waals surface area contributed by atoms with E-state index >= 15 is 0 Å². The van der Waals surface area contributed by atoms with Crippen LogP contribution in [0.1, 0.15) is 19.0 Å². The highest BCUT2D eigenvalue weighted by Crippen LogP contribution is 2.30. The van der Waals surface area contributed by atoms with E-state index in [4.69, 9.17) is 0 Å². The topological polar surface area (TPSA) is 107 Å². The van der Waals surface area contributed by atoms with Gasteiger partial charge in [0, 0.05) is 13.1 Å². The third kappa shape index (κ3) is 2.70. The lowest BCUT2D eigenvalue weighted by molar-refractivity contribution is -0.384. The summed E-state index contributed by atoms with van der Waals surface area (Å²) >= 11 is 0. The molecule has 1 atom stereocenters. The van der Waals surface area contributed by atoms with Crippen LogP contribution in [0.3, 0.4) is 0 Å². The van der Waals surface area contributed by atoms with Crippen LogP contribution in [-0.4, -0.2) is 40.7 Å². The van der Waals surface area contributed by atoms with Gasteiger partial charge in [-0.3, -0.25) is 10.1 Å². The zero-order valence-electron chi connectivity index (χ0n) is 10.8. The van der Waals surface area contributed by atoms with Crippen molar-refractivity contribution in [1.82, 2.24) is 9.78 Å². The number of aryl methyl sites for hydroxylation is 2. The van der Waals surface area contributed by atoms with Crippen LogP contribution < -0.4 is 5.32 Å². The molecule has 0 spiro atoms. The number of sulfone groups is 1. The van der Waals surface area contributed by atoms with Crippen molar-refractivity contribution >= 4 is 21.3 Å². The first-order valence-corrected chi connectivity index (χ1v) is 7.83. The van der Waals surface area contributed by atoms with E-state index in [9.17, 15) is 18.5 Å². The molecule has 1 N–H and O–H groups in total. The van der Waals surface area contributed by atoms with E-state index < -0.39 is 14.8 Å². The molecule has 0 amide bonds. The molecule has 8 nitrogen and oxygen atoms in total. The van der Waals surface area contributed by atoms with Crippen molar-refractivity contribution in [1.29, 1.82) is 0 Å². The maximum Gasteiger partial charge on any atom is 0.333 e. The summed E-state index contributed by atoms with van der Waals surface area (Å²) in [6.07, 6.45) is 0.918. The summed E-state index contributed by atoms with van der Waals surface area (Å²) in [7, 11) is -1.41. The molecular weight excluding hydrogens is 272 g/mol. The van der Waals surface area contributed by atoms with E-state index in [2.05, 4.69) is 10.4 Å². The van der Waals surface area contributed by atoms with Crippen LogP contribution in [0.2, 0.25) is 0 Å². The molecule has 1 fully saturated rings. The molecule has 0 aromatic carbocycles. The van der Waals surface area contributed by atoms with Gasteiger partial charge in [0.15, 0.2) is 9.84 Å². The van der Waals surface area contributed by atoms with Gasteiger partial charge < -0.3 is 5.32 Å². The number of hydrogen-bond donors (Lipinski definition) is 1. The van der Waals surface area contributed by atoms with Crippen LogP contribution >= 0.6 is 0 Å². The van der Waals surface area contributed by atoms with Gasteiger partial charge in [-0.15, -0.1) is 0 Å². The third-order valence-electron chi connectivity index (χ3n) is 3.18. The first-order valence-electron chi connectivity index (χ1n) is 6.01. The quantitative estimate of drug-likeness (QED) is 0.638. The summed E-state index contributed by atoms with van der Waals surface area (Å²) in [4.78, 5) is 10.6. The molecule has 1 saturated heterocycles. The molecule has 1 aliphatic heterocycles. The second-order valence-corrected chi connectivity index (χ2v) is 6.85. The fourth-order valence-corrected chi connectivity index (χ4v) is 3.94. The highest BCUT2D eigenvalue weighted by atomic mass is 32.2. The predicted molar refractivity (Wildman–Crippen MR) is 69.9 cm³/mol. The molecule has 0 radical (unpaired) electrons. The molecule has 0 saturated carbocycles. The molecule has 106 valence electrons. The molecule has 0 aliphatic carbocycles. The molecule has 1 unspecified atom stereocenters. The molecule has 1 aromatic heterocycles. The summed E-state index contributed by atoms with van der Waals surface area (Å²) in [5, 5.41) is 18.2. The first kappa shape index (κ1) is 13.8. The first-order chi connectivity index (χ1) is 8.84. The molecule has 19 heavy (non-hydrogen) atoms. The SMILES string of the molecule is CCc1nn(C)c(NC2CCS(=O)(=O)C2)c1[N+](=O)[O-]. The van der Waals surface area contributed by atoms with Crippen molar-refractivity contribution in [2.24, 2.45) is 7.05 Å². The van der Waals surface area contributed by atoms with E-state index in [1.807, 2.05) is 0 Å². The molecule has 2 heterocycles. The van der Waals surface area contributed by atoms with Gasteiger partial charge in [-0.05, 0) is 12.8 Å². The number of nitrogens with zero attached hydrogens (tertiary/aromatic N) is 3. The Morgan fingerprint density at radius 2 is 2.26 bits per heavy atom. The molecule has 9 heteroatoms. The number of hydrogen-bond acceptors (Lipinski definition) is 6. The highest BCUT2D eigenvalue weighted by molar-refractivity contribution is 7.91. The number of aromatic nitrogens is 2. The largest absolute Gasteiger partial charge is 0.361 e. The molecule has 2 rings (SSSR count). The Morgan fingerprint density at radius 1 is 1.58 bits per heavy atom. The van der Waals surface area contributed by atoms with Crippen molar-refractivity contribution < 1.29 is 13.3 Å². The lowest BCUT2D eigenvalue weighted by atomic mass is 10.2. The van der Waals surface area contributed by atoms with Gasteiger partial charge in [0.05, 0.1) is 16.4 Å². The maximum atomic E-state index is 11.4. The minimum absolute atomic E-state index is 0.0107. The van der Waals surface area contributed by atoms with Crippen molar-refractivity contribution in [3.8, 4) is 0 Å². The molecule has 0 bridgehead atoms. The van der Waals surface area contributed by atoms with Gasteiger partial charge in [-0.25, -0.2) is 13.1 Å². The van der Waals surface area contributed by atoms with E-state index in [1.165, 1.54) is 4.68 Å². The van der Waals surface area contributed by atoms with Crippen LogP contribution in [0.25, 0.3) is 0 Å². The summed E-state index contributed by atoms with van der Waals surface area (Å²) < 4.78 is 24.2. The number of nitro groups is 1. The van der Waals surface area contributed by atoms with E-state index in [1.54, 1.807) is 14.0 Å². The van der Waals surface area contributed by atoms with Gasteiger partial charge in [0.2, 0.25) is 5.82 Å². The monoisotopic (exact) mass is 288 g/mol. The standard InChI is InChI=1S/C10H16N4O4S/c1-3-8-9(14(15)16)10(13(2)12-8)11-7-4-5-19(17,18)6-7/h7,11H,3-6H2,1-2H3. The average molecular weight is 288 g/mol. The fourth-order valence-electron chi connectivity index (χ4n) is 2.26. The van der Waals surface area contributed by atoms with E-state index in [0.717, 1.165) is 0 Å². The Balaban J connectivity index is 2.30. The summed E-state index contributed by atoms with van der Waals surface area (Å²) in [6, 6.07) is -0.288. The Labute approximate surface area is 110 Å². The maximum absolute atomic E-state index is 11.4. The van der Waals surface area contributed by atoms with Gasteiger partial charge in [0.25, 0.3) is 0 Å². The van der Waals surface area contributed by atoms with Crippen LogP contribution in [-0.2, 0) is 23.3 Å². The van der Waals surface area contributed by atoms with Crippen molar-refractivity contribution in [3.63, 3.8) is 0 Å². The van der Waals surface area contributed by atoms with Gasteiger partial charge >= 0.3 is 5.69 Å². The Kier molecular flexibility index (Phi) is 3.48. The third-order valence-corrected chi connectivity index (χ3v) is 4.95. The van der Waals surface area contributed by atoms with Crippen LogP contribution in [0.15, 0.2) is 0 Å².